The second-order valence-electron chi connectivity index (χ2n) is 14.1. The molecule has 244 valence electrons. The van der Waals surface area contributed by atoms with Gasteiger partial charge in [-0.05, 0) is 82.3 Å². The SMILES string of the molecule is CCCCCCCC[Si](C)(C)c1cc(C)c(OCCCOc2c(C)cc([Si](C)(C)CCCCCCCC)cc2I)c(I)c1. The normalized spacial score (nSPS) is 12.1. The van der Waals surface area contributed by atoms with Crippen molar-refractivity contribution in [3.63, 3.8) is 0 Å². The Morgan fingerprint density at radius 2 is 0.860 bits per heavy atom. The molecule has 0 saturated carbocycles. The monoisotopic (exact) mass is 848 g/mol. The van der Waals surface area contributed by atoms with Crippen LogP contribution in [0.1, 0.15) is 108 Å². The van der Waals surface area contributed by atoms with Crippen LogP contribution in [-0.4, -0.2) is 29.4 Å². The molecule has 2 aromatic rings. The largest absolute Gasteiger partial charge is 0.492 e. The molecule has 0 N–H and O–H groups in total. The van der Waals surface area contributed by atoms with Crippen LogP contribution in [0.2, 0.25) is 38.3 Å². The molecule has 0 amide bonds. The molecule has 0 saturated heterocycles. The maximum atomic E-state index is 6.33. The minimum Gasteiger partial charge on any atom is -0.492 e. The van der Waals surface area contributed by atoms with Gasteiger partial charge in [0.15, 0.2) is 0 Å². The van der Waals surface area contributed by atoms with Gasteiger partial charge >= 0.3 is 0 Å². The molecule has 0 fully saturated rings. The van der Waals surface area contributed by atoms with Crippen molar-refractivity contribution in [1.29, 1.82) is 0 Å². The van der Waals surface area contributed by atoms with E-state index in [1.165, 1.54) is 107 Å². The van der Waals surface area contributed by atoms with Gasteiger partial charge in [0.25, 0.3) is 0 Å². The van der Waals surface area contributed by atoms with Gasteiger partial charge in [-0.3, -0.25) is 0 Å². The average molecular weight is 849 g/mol. The lowest BCUT2D eigenvalue weighted by atomic mass is 10.1. The van der Waals surface area contributed by atoms with E-state index in [1.54, 1.807) is 10.4 Å². The van der Waals surface area contributed by atoms with Crippen molar-refractivity contribution in [3.8, 4) is 11.5 Å². The van der Waals surface area contributed by atoms with Crippen LogP contribution in [0, 0.1) is 21.0 Å². The van der Waals surface area contributed by atoms with Crippen LogP contribution in [-0.2, 0) is 0 Å². The number of ether oxygens (including phenoxy) is 2. The molecular weight excluding hydrogens is 786 g/mol. The highest BCUT2D eigenvalue weighted by atomic mass is 127. The smallest absolute Gasteiger partial charge is 0.135 e. The summed E-state index contributed by atoms with van der Waals surface area (Å²) in [6, 6.07) is 12.4. The van der Waals surface area contributed by atoms with Crippen LogP contribution < -0.4 is 19.8 Å². The molecule has 0 aliphatic rings. The molecule has 0 radical (unpaired) electrons. The van der Waals surface area contributed by atoms with Gasteiger partial charge in [-0.15, -0.1) is 0 Å². The Hall–Kier alpha value is -0.0662. The molecule has 0 aromatic heterocycles. The molecule has 0 spiro atoms. The summed E-state index contributed by atoms with van der Waals surface area (Å²) >= 11 is 4.97. The molecule has 2 aromatic carbocycles. The molecule has 0 aliphatic carbocycles. The standard InChI is InChI=1S/C37H62I2O2Si2/c1-9-11-13-15-17-19-24-42(5,6)32-26-30(3)36(34(38)28-32)40-22-21-23-41-37-31(4)27-33(29-35(37)39)43(7,8)25-20-18-16-14-12-10-2/h26-29H,9-25H2,1-8H3. The van der Waals surface area contributed by atoms with E-state index in [4.69, 9.17) is 9.47 Å². The highest BCUT2D eigenvalue weighted by Gasteiger charge is 2.26. The minimum atomic E-state index is -1.43. The summed E-state index contributed by atoms with van der Waals surface area (Å²) < 4.78 is 15.2. The molecule has 43 heavy (non-hydrogen) atoms. The summed E-state index contributed by atoms with van der Waals surface area (Å²) in [6.45, 7) is 20.5. The van der Waals surface area contributed by atoms with Crippen molar-refractivity contribution in [2.75, 3.05) is 13.2 Å². The number of halogens is 2. The summed E-state index contributed by atoms with van der Waals surface area (Å²) in [5.41, 5.74) is 2.56. The zero-order valence-corrected chi connectivity index (χ0v) is 35.2. The zero-order chi connectivity index (χ0) is 31.9. The Morgan fingerprint density at radius 1 is 0.512 bits per heavy atom. The summed E-state index contributed by atoms with van der Waals surface area (Å²) in [7, 11) is -2.87. The van der Waals surface area contributed by atoms with Crippen LogP contribution in [0.15, 0.2) is 24.3 Å². The van der Waals surface area contributed by atoms with E-state index in [0.29, 0.717) is 13.2 Å². The van der Waals surface area contributed by atoms with Crippen molar-refractivity contribution in [2.24, 2.45) is 0 Å². The van der Waals surface area contributed by atoms with Crippen LogP contribution in [0.5, 0.6) is 11.5 Å². The Morgan fingerprint density at radius 3 is 1.21 bits per heavy atom. The van der Waals surface area contributed by atoms with Crippen molar-refractivity contribution < 1.29 is 9.47 Å². The lowest BCUT2D eigenvalue weighted by Crippen LogP contribution is -2.41. The third-order valence-electron chi connectivity index (χ3n) is 9.11. The van der Waals surface area contributed by atoms with Gasteiger partial charge in [0.1, 0.15) is 11.5 Å². The molecule has 0 unspecified atom stereocenters. The second kappa shape index (κ2) is 20.2. The number of hydrogen-bond acceptors (Lipinski definition) is 2. The topological polar surface area (TPSA) is 18.5 Å². The van der Waals surface area contributed by atoms with Gasteiger partial charge in [0.05, 0.1) is 36.5 Å². The van der Waals surface area contributed by atoms with E-state index in [9.17, 15) is 0 Å². The predicted molar refractivity (Wildman–Crippen MR) is 214 cm³/mol. The van der Waals surface area contributed by atoms with Crippen molar-refractivity contribution >= 4 is 71.7 Å². The fourth-order valence-electron chi connectivity index (χ4n) is 6.00. The van der Waals surface area contributed by atoms with E-state index in [-0.39, 0.29) is 0 Å². The Balaban J connectivity index is 1.85. The van der Waals surface area contributed by atoms with E-state index in [1.807, 2.05) is 0 Å². The quantitative estimate of drug-likeness (QED) is 0.0668. The first-order valence-electron chi connectivity index (χ1n) is 17.3. The maximum Gasteiger partial charge on any atom is 0.135 e. The first-order chi connectivity index (χ1) is 20.4. The van der Waals surface area contributed by atoms with Gasteiger partial charge in [-0.1, -0.05) is 152 Å². The summed E-state index contributed by atoms with van der Waals surface area (Å²) in [6.07, 6.45) is 17.4. The predicted octanol–water partition coefficient (Wildman–Crippen LogP) is 11.9. The van der Waals surface area contributed by atoms with E-state index >= 15 is 0 Å². The van der Waals surface area contributed by atoms with Crippen LogP contribution in [0.3, 0.4) is 0 Å². The maximum absolute atomic E-state index is 6.33. The van der Waals surface area contributed by atoms with E-state index in [2.05, 4.69) is 123 Å². The summed E-state index contributed by atoms with van der Waals surface area (Å²) in [4.78, 5) is 0. The summed E-state index contributed by atoms with van der Waals surface area (Å²) in [5, 5.41) is 3.15. The fourth-order valence-corrected chi connectivity index (χ4v) is 13.5. The fraction of sp³-hybridized carbons (Fsp3) is 0.676. The molecular formula is C37H62I2O2Si2. The second-order valence-corrected chi connectivity index (χ2v) is 26.1. The number of aryl methyl sites for hydroxylation is 2. The van der Waals surface area contributed by atoms with Crippen molar-refractivity contribution in [1.82, 2.24) is 0 Å². The molecule has 0 aliphatic heterocycles. The van der Waals surface area contributed by atoms with Gasteiger partial charge in [-0.25, -0.2) is 0 Å². The molecule has 0 bridgehead atoms. The zero-order valence-electron chi connectivity index (χ0n) is 28.9. The van der Waals surface area contributed by atoms with Crippen LogP contribution in [0.4, 0.5) is 0 Å². The van der Waals surface area contributed by atoms with Gasteiger partial charge < -0.3 is 9.47 Å². The lowest BCUT2D eigenvalue weighted by Gasteiger charge is -2.25. The Labute approximate surface area is 295 Å². The lowest BCUT2D eigenvalue weighted by molar-refractivity contribution is 0.244. The van der Waals surface area contributed by atoms with Gasteiger partial charge in [0.2, 0.25) is 0 Å². The third-order valence-corrected chi connectivity index (χ3v) is 17.6. The average Bonchev–Trinajstić information content (AvgIpc) is 2.94. The van der Waals surface area contributed by atoms with Crippen LogP contribution >= 0.6 is 45.2 Å². The first kappa shape index (κ1) is 39.1. The molecule has 0 heterocycles. The number of hydrogen-bond donors (Lipinski definition) is 0. The highest BCUT2D eigenvalue weighted by molar-refractivity contribution is 14.1. The molecule has 2 nitrogen and oxygen atoms in total. The summed E-state index contributed by atoms with van der Waals surface area (Å²) in [5.74, 6) is 2.11. The Kier molecular flexibility index (Phi) is 18.4. The van der Waals surface area contributed by atoms with Crippen molar-refractivity contribution in [3.05, 3.63) is 42.5 Å². The third kappa shape index (κ3) is 13.7. The van der Waals surface area contributed by atoms with E-state index in [0.717, 1.165) is 17.9 Å². The molecule has 2 rings (SSSR count). The number of rotatable bonds is 22. The highest BCUT2D eigenvalue weighted by Crippen LogP contribution is 2.29. The minimum absolute atomic E-state index is 0.681. The Bertz CT molecular complexity index is 969. The van der Waals surface area contributed by atoms with Crippen molar-refractivity contribution in [2.45, 2.75) is 149 Å². The van der Waals surface area contributed by atoms with Gasteiger partial charge in [-0.2, -0.15) is 0 Å². The molecule has 0 atom stereocenters. The molecule has 6 heteroatoms. The number of benzene rings is 2. The first-order valence-corrected chi connectivity index (χ1v) is 25.9. The van der Waals surface area contributed by atoms with E-state index < -0.39 is 16.1 Å². The number of unbranched alkanes of at least 4 members (excludes halogenated alkanes) is 10. The van der Waals surface area contributed by atoms with Crippen LogP contribution in [0.25, 0.3) is 0 Å². The van der Waals surface area contributed by atoms with Gasteiger partial charge in [0, 0.05) is 6.42 Å².